The van der Waals surface area contributed by atoms with Crippen LogP contribution < -0.4 is 5.32 Å². The normalized spacial score (nSPS) is 18.9. The van der Waals surface area contributed by atoms with Gasteiger partial charge in [-0.2, -0.15) is 0 Å². The second-order valence-electron chi connectivity index (χ2n) is 9.27. The fourth-order valence-corrected chi connectivity index (χ4v) is 4.61. The molecule has 0 spiro atoms. The molecule has 184 valence electrons. The summed E-state index contributed by atoms with van der Waals surface area (Å²) in [6.07, 6.45) is -1.51. The largest absolute Gasteiger partial charge is 0.469 e. The lowest BCUT2D eigenvalue weighted by Gasteiger charge is -2.29. The van der Waals surface area contributed by atoms with Crippen molar-refractivity contribution in [1.82, 2.24) is 15.2 Å². The lowest BCUT2D eigenvalue weighted by atomic mass is 10.0. The van der Waals surface area contributed by atoms with Crippen LogP contribution in [0.25, 0.3) is 10.4 Å². The molecular weight excluding hydrogens is 458 g/mol. The first-order valence-corrected chi connectivity index (χ1v) is 11.9. The summed E-state index contributed by atoms with van der Waals surface area (Å²) in [6.45, 7) is 7.13. The van der Waals surface area contributed by atoms with Crippen LogP contribution in [0, 0.1) is 6.92 Å². The number of hydrogen-bond donors (Lipinski definition) is 2. The number of nitrogens with zero attached hydrogens (tertiary/aromatic N) is 2. The molecule has 1 aliphatic rings. The van der Waals surface area contributed by atoms with Gasteiger partial charge in [-0.3, -0.25) is 14.5 Å². The summed E-state index contributed by atoms with van der Waals surface area (Å²) in [6, 6.07) is 5.94. The molecule has 0 aliphatic carbocycles. The first kappa shape index (κ1) is 25.6. The van der Waals surface area contributed by atoms with Crippen molar-refractivity contribution in [2.75, 3.05) is 13.7 Å². The molecule has 1 aromatic carbocycles. The van der Waals surface area contributed by atoms with Gasteiger partial charge in [-0.05, 0) is 38.8 Å². The Labute approximate surface area is 203 Å². The van der Waals surface area contributed by atoms with Gasteiger partial charge < -0.3 is 19.9 Å². The van der Waals surface area contributed by atoms with Crippen LogP contribution in [0.15, 0.2) is 29.8 Å². The molecule has 0 radical (unpaired) electrons. The number of carbonyl (C=O) groups excluding carboxylic acids is 3. The number of aliphatic hydroxyl groups excluding tert-OH is 1. The monoisotopic (exact) mass is 489 g/mol. The van der Waals surface area contributed by atoms with Gasteiger partial charge in [0.2, 0.25) is 5.91 Å². The average molecular weight is 490 g/mol. The molecule has 1 fully saturated rings. The van der Waals surface area contributed by atoms with E-state index in [0.717, 1.165) is 16.1 Å². The van der Waals surface area contributed by atoms with Gasteiger partial charge in [-0.15, -0.1) is 11.3 Å². The Balaban J connectivity index is 1.80. The van der Waals surface area contributed by atoms with Crippen molar-refractivity contribution in [1.29, 1.82) is 0 Å². The Kier molecular flexibility index (Phi) is 7.93. The SMILES string of the molecule is COC(=O)C[C@H](NC(=O)[C@@H]1C[C@@H](O)CN1C(=O)OC(C)(C)C)c1ccc(-c2scnc2C)cc1. The summed E-state index contributed by atoms with van der Waals surface area (Å²) in [5.74, 6) is -0.957. The van der Waals surface area contributed by atoms with Crippen molar-refractivity contribution in [3.8, 4) is 10.4 Å². The van der Waals surface area contributed by atoms with E-state index >= 15 is 0 Å². The predicted octanol–water partition coefficient (Wildman–Crippen LogP) is 3.21. The van der Waals surface area contributed by atoms with E-state index in [2.05, 4.69) is 10.3 Å². The number of aryl methyl sites for hydroxylation is 1. The number of β-amino-alcohol motifs (C(OH)–C–C–N with tert-alkyl or cyclic N) is 1. The van der Waals surface area contributed by atoms with Gasteiger partial charge in [0.1, 0.15) is 11.6 Å². The maximum absolute atomic E-state index is 13.2. The number of amides is 2. The van der Waals surface area contributed by atoms with Crippen LogP contribution in [-0.2, 0) is 19.1 Å². The minimum Gasteiger partial charge on any atom is -0.469 e. The lowest BCUT2D eigenvalue weighted by Crippen LogP contribution is -2.48. The number of hydrogen-bond acceptors (Lipinski definition) is 8. The molecule has 2 amide bonds. The van der Waals surface area contributed by atoms with Gasteiger partial charge >= 0.3 is 12.1 Å². The quantitative estimate of drug-likeness (QED) is 0.598. The number of aromatic nitrogens is 1. The summed E-state index contributed by atoms with van der Waals surface area (Å²) in [5, 5.41) is 13.0. The fourth-order valence-electron chi connectivity index (χ4n) is 3.80. The molecule has 2 aromatic rings. The maximum Gasteiger partial charge on any atom is 0.411 e. The number of rotatable bonds is 6. The van der Waals surface area contributed by atoms with Gasteiger partial charge in [0.05, 0.1) is 48.3 Å². The molecule has 0 saturated carbocycles. The Hall–Kier alpha value is -2.98. The average Bonchev–Trinajstić information content (AvgIpc) is 3.37. The number of ether oxygens (including phenoxy) is 2. The zero-order valence-corrected chi connectivity index (χ0v) is 20.8. The number of nitrogens with one attached hydrogen (secondary N) is 1. The van der Waals surface area contributed by atoms with Gasteiger partial charge in [0.15, 0.2) is 0 Å². The highest BCUT2D eigenvalue weighted by atomic mass is 32.1. The fraction of sp³-hybridized carbons (Fsp3) is 0.500. The molecule has 0 bridgehead atoms. The first-order chi connectivity index (χ1) is 16.0. The van der Waals surface area contributed by atoms with Crippen LogP contribution in [0.3, 0.4) is 0 Å². The molecule has 9 nitrogen and oxygen atoms in total. The number of thiazole rings is 1. The Morgan fingerprint density at radius 3 is 2.50 bits per heavy atom. The van der Waals surface area contributed by atoms with Crippen LogP contribution in [0.1, 0.15) is 50.9 Å². The van der Waals surface area contributed by atoms with Crippen molar-refractivity contribution < 1.29 is 29.0 Å². The summed E-state index contributed by atoms with van der Waals surface area (Å²) in [5.41, 5.74) is 3.68. The number of methoxy groups -OCH3 is 1. The topological polar surface area (TPSA) is 118 Å². The van der Waals surface area contributed by atoms with Gasteiger partial charge in [-0.1, -0.05) is 24.3 Å². The highest BCUT2D eigenvalue weighted by Crippen LogP contribution is 2.29. The molecule has 1 saturated heterocycles. The molecule has 34 heavy (non-hydrogen) atoms. The minimum atomic E-state index is -0.913. The van der Waals surface area contributed by atoms with Crippen molar-refractivity contribution >= 4 is 29.3 Å². The van der Waals surface area contributed by atoms with E-state index < -0.39 is 41.8 Å². The molecule has 1 aliphatic heterocycles. The summed E-state index contributed by atoms with van der Waals surface area (Å²) < 4.78 is 10.2. The molecule has 10 heteroatoms. The van der Waals surface area contributed by atoms with Gasteiger partial charge in [0, 0.05) is 6.42 Å². The zero-order chi connectivity index (χ0) is 25.0. The predicted molar refractivity (Wildman–Crippen MR) is 127 cm³/mol. The molecule has 2 heterocycles. The number of carbonyl (C=O) groups is 3. The maximum atomic E-state index is 13.2. The second kappa shape index (κ2) is 10.5. The molecule has 2 N–H and O–H groups in total. The van der Waals surface area contributed by atoms with E-state index in [1.54, 1.807) is 26.3 Å². The molecule has 3 atom stereocenters. The number of benzene rings is 1. The van der Waals surface area contributed by atoms with Crippen molar-refractivity contribution in [2.45, 2.75) is 64.3 Å². The van der Waals surface area contributed by atoms with Crippen LogP contribution >= 0.6 is 11.3 Å². The molecule has 1 aromatic heterocycles. The summed E-state index contributed by atoms with van der Waals surface area (Å²) in [7, 11) is 1.29. The summed E-state index contributed by atoms with van der Waals surface area (Å²) >= 11 is 1.54. The Morgan fingerprint density at radius 1 is 1.26 bits per heavy atom. The van der Waals surface area contributed by atoms with E-state index in [1.165, 1.54) is 23.3 Å². The van der Waals surface area contributed by atoms with E-state index in [9.17, 15) is 19.5 Å². The smallest absolute Gasteiger partial charge is 0.411 e. The second-order valence-corrected chi connectivity index (χ2v) is 10.1. The third-order valence-corrected chi connectivity index (χ3v) is 6.42. The van der Waals surface area contributed by atoms with Crippen molar-refractivity contribution in [3.05, 3.63) is 41.0 Å². The van der Waals surface area contributed by atoms with Crippen LogP contribution in [0.2, 0.25) is 0 Å². The standard InChI is InChI=1S/C24H31N3O6S/c1-14-21(34-13-25-14)16-8-6-15(7-9-16)18(11-20(29)32-5)26-22(30)19-10-17(28)12-27(19)23(31)33-24(2,3)4/h6-9,13,17-19,28H,10-12H2,1-5H3,(H,26,30)/t17-,18+,19+/m1/s1. The highest BCUT2D eigenvalue weighted by molar-refractivity contribution is 7.13. The van der Waals surface area contributed by atoms with Crippen LogP contribution in [0.5, 0.6) is 0 Å². The van der Waals surface area contributed by atoms with Gasteiger partial charge in [0.25, 0.3) is 0 Å². The Morgan fingerprint density at radius 2 is 1.94 bits per heavy atom. The van der Waals surface area contributed by atoms with E-state index in [-0.39, 0.29) is 19.4 Å². The molecular formula is C24H31N3O6S. The van der Waals surface area contributed by atoms with Crippen molar-refractivity contribution in [2.24, 2.45) is 0 Å². The summed E-state index contributed by atoms with van der Waals surface area (Å²) in [4.78, 5) is 44.4. The number of esters is 1. The van der Waals surface area contributed by atoms with E-state index in [0.29, 0.717) is 5.56 Å². The van der Waals surface area contributed by atoms with Gasteiger partial charge in [-0.25, -0.2) is 9.78 Å². The van der Waals surface area contributed by atoms with Crippen molar-refractivity contribution in [3.63, 3.8) is 0 Å². The number of likely N-dealkylation sites (tertiary alicyclic amines) is 1. The third-order valence-electron chi connectivity index (χ3n) is 5.45. The van der Waals surface area contributed by atoms with Crippen LogP contribution in [0.4, 0.5) is 4.79 Å². The van der Waals surface area contributed by atoms with E-state index in [4.69, 9.17) is 9.47 Å². The highest BCUT2D eigenvalue weighted by Gasteiger charge is 2.41. The first-order valence-electron chi connectivity index (χ1n) is 11.0. The Bertz CT molecular complexity index is 1030. The third kappa shape index (κ3) is 6.32. The van der Waals surface area contributed by atoms with Crippen LogP contribution in [-0.4, -0.2) is 64.4 Å². The number of aliphatic hydroxyl groups is 1. The van der Waals surface area contributed by atoms with E-state index in [1.807, 2.05) is 31.2 Å². The lowest BCUT2D eigenvalue weighted by molar-refractivity contribution is -0.141. The minimum absolute atomic E-state index is 0.00242. The molecule has 3 rings (SSSR count). The zero-order valence-electron chi connectivity index (χ0n) is 20.0. The molecule has 0 unspecified atom stereocenters.